The fourth-order valence-corrected chi connectivity index (χ4v) is 5.32. The normalized spacial score (nSPS) is 15.5. The lowest BCUT2D eigenvalue weighted by Gasteiger charge is -2.13. The number of ether oxygens (including phenoxy) is 2. The first-order valence-corrected chi connectivity index (χ1v) is 13.3. The van der Waals surface area contributed by atoms with Gasteiger partial charge in [-0.1, -0.05) is 25.1 Å². The van der Waals surface area contributed by atoms with E-state index >= 15 is 0 Å². The lowest BCUT2D eigenvalue weighted by Crippen LogP contribution is -2.08. The lowest BCUT2D eigenvalue weighted by molar-refractivity contribution is 0.0506. The molecule has 1 aliphatic carbocycles. The number of nitriles is 1. The van der Waals surface area contributed by atoms with Crippen molar-refractivity contribution in [3.8, 4) is 11.8 Å². The van der Waals surface area contributed by atoms with Gasteiger partial charge in [0.25, 0.3) is 0 Å². The highest BCUT2D eigenvalue weighted by atomic mass is 19.1. The molecule has 3 heterocycles. The summed E-state index contributed by atoms with van der Waals surface area (Å²) < 4.78 is 27.5. The number of rotatable bonds is 6. The number of benzene rings is 2. The minimum Gasteiger partial charge on any atom is -0.488 e. The molecule has 0 amide bonds. The average Bonchev–Trinajstić information content (AvgIpc) is 3.75. The Hall–Kier alpha value is -4.44. The van der Waals surface area contributed by atoms with Gasteiger partial charge in [0.05, 0.1) is 24.1 Å². The van der Waals surface area contributed by atoms with Crippen LogP contribution in [0, 0.1) is 17.1 Å². The molecule has 2 aliphatic rings. The summed E-state index contributed by atoms with van der Waals surface area (Å²) in [5, 5.41) is 9.74. The zero-order valence-corrected chi connectivity index (χ0v) is 22.0. The quantitative estimate of drug-likeness (QED) is 0.207. The Morgan fingerprint density at radius 1 is 1.21 bits per heavy atom. The number of allylic oxidation sites excluding steroid dienone is 1. The fraction of sp³-hybridized carbons (Fsp3) is 0.281. The predicted octanol–water partition coefficient (Wildman–Crippen LogP) is 6.75. The van der Waals surface area contributed by atoms with Crippen molar-refractivity contribution in [2.24, 2.45) is 0 Å². The topological polar surface area (TPSA) is 76.6 Å². The summed E-state index contributed by atoms with van der Waals surface area (Å²) >= 11 is 0. The largest absolute Gasteiger partial charge is 0.488 e. The molecule has 6 nitrogen and oxygen atoms in total. The molecule has 0 bridgehead atoms. The number of esters is 1. The van der Waals surface area contributed by atoms with Crippen LogP contribution in [0.1, 0.15) is 83.0 Å². The van der Waals surface area contributed by atoms with Crippen molar-refractivity contribution in [3.63, 3.8) is 0 Å². The highest BCUT2D eigenvalue weighted by Gasteiger charge is 2.31. The summed E-state index contributed by atoms with van der Waals surface area (Å²) in [6.07, 6.45) is 5.50. The molecule has 6 rings (SSSR count). The van der Waals surface area contributed by atoms with Gasteiger partial charge in [-0.25, -0.2) is 14.2 Å². The maximum absolute atomic E-state index is 14.0. The number of halogens is 1. The molecule has 0 atom stereocenters. The Labute approximate surface area is 226 Å². The maximum atomic E-state index is 14.0. The zero-order chi connectivity index (χ0) is 27.1. The van der Waals surface area contributed by atoms with E-state index in [0.717, 1.165) is 52.9 Å². The molecule has 0 saturated heterocycles. The van der Waals surface area contributed by atoms with Crippen molar-refractivity contribution in [1.82, 2.24) is 9.38 Å². The van der Waals surface area contributed by atoms with Crippen molar-refractivity contribution in [2.45, 2.75) is 52.1 Å². The second-order valence-corrected chi connectivity index (χ2v) is 10.2. The predicted molar refractivity (Wildman–Crippen MR) is 145 cm³/mol. The third-order valence-corrected chi connectivity index (χ3v) is 7.35. The van der Waals surface area contributed by atoms with Crippen LogP contribution in [0.2, 0.25) is 0 Å². The Balaban J connectivity index is 1.41. The van der Waals surface area contributed by atoms with E-state index in [0.29, 0.717) is 47.0 Å². The lowest BCUT2D eigenvalue weighted by atomic mass is 9.89. The first kappa shape index (κ1) is 24.9. The zero-order valence-electron chi connectivity index (χ0n) is 22.0. The second kappa shape index (κ2) is 10.0. The molecule has 1 fully saturated rings. The van der Waals surface area contributed by atoms with Gasteiger partial charge in [0.1, 0.15) is 23.7 Å². The molecule has 1 aliphatic heterocycles. The van der Waals surface area contributed by atoms with Crippen LogP contribution >= 0.6 is 0 Å². The van der Waals surface area contributed by atoms with Gasteiger partial charge >= 0.3 is 5.97 Å². The molecule has 0 unspecified atom stereocenters. The highest BCUT2D eigenvalue weighted by Crippen LogP contribution is 2.43. The van der Waals surface area contributed by atoms with E-state index in [1.54, 1.807) is 19.1 Å². The molecular formula is C32H28FN3O3. The van der Waals surface area contributed by atoms with E-state index in [1.165, 1.54) is 12.1 Å². The summed E-state index contributed by atoms with van der Waals surface area (Å²) in [7, 11) is 0. The summed E-state index contributed by atoms with van der Waals surface area (Å²) in [6.45, 7) is 4.38. The number of hydrogen-bond acceptors (Lipinski definition) is 5. The number of fused-ring (bicyclic) bond motifs is 3. The Kier molecular flexibility index (Phi) is 6.40. The van der Waals surface area contributed by atoms with E-state index in [2.05, 4.69) is 18.2 Å². The van der Waals surface area contributed by atoms with Gasteiger partial charge in [0.2, 0.25) is 0 Å². The van der Waals surface area contributed by atoms with Crippen LogP contribution < -0.4 is 4.74 Å². The molecule has 4 aromatic rings. The molecule has 196 valence electrons. The number of imidazole rings is 1. The molecular weight excluding hydrogens is 493 g/mol. The number of pyridine rings is 1. The van der Waals surface area contributed by atoms with Crippen LogP contribution in [-0.4, -0.2) is 22.0 Å². The number of aromatic nitrogens is 2. The van der Waals surface area contributed by atoms with E-state index < -0.39 is 0 Å². The van der Waals surface area contributed by atoms with Gasteiger partial charge in [0, 0.05) is 41.3 Å². The fourth-order valence-electron chi connectivity index (χ4n) is 5.32. The molecule has 0 N–H and O–H groups in total. The number of carbonyl (C=O) groups excluding carboxylic acids is 1. The monoisotopic (exact) mass is 521 g/mol. The molecule has 39 heavy (non-hydrogen) atoms. The highest BCUT2D eigenvalue weighted by molar-refractivity contribution is 5.96. The van der Waals surface area contributed by atoms with Gasteiger partial charge in [-0.3, -0.25) is 0 Å². The summed E-state index contributed by atoms with van der Waals surface area (Å²) in [6, 6.07) is 16.5. The number of hydrogen-bond donors (Lipinski definition) is 0. The third kappa shape index (κ3) is 4.57. The maximum Gasteiger partial charge on any atom is 0.341 e. The Morgan fingerprint density at radius 2 is 2.03 bits per heavy atom. The number of nitrogens with zero attached hydrogens (tertiary/aromatic N) is 3. The first-order valence-electron chi connectivity index (χ1n) is 13.3. The SMILES string of the molecule is CCCOC(=O)c1cccn2c(Cc3ccc4c(c3)COc3cc(F)ccc3/C4=C(\C)C#N)c(C3CC3)nc12. The molecule has 0 radical (unpaired) electrons. The van der Waals surface area contributed by atoms with Crippen LogP contribution in [0.5, 0.6) is 5.75 Å². The van der Waals surface area contributed by atoms with Crippen molar-refractivity contribution in [1.29, 1.82) is 5.26 Å². The molecule has 0 spiro atoms. The van der Waals surface area contributed by atoms with Crippen molar-refractivity contribution < 1.29 is 18.7 Å². The molecule has 2 aromatic heterocycles. The van der Waals surface area contributed by atoms with Gasteiger partial charge in [-0.2, -0.15) is 5.26 Å². The molecule has 1 saturated carbocycles. The summed E-state index contributed by atoms with van der Waals surface area (Å²) in [5.41, 5.74) is 8.10. The van der Waals surface area contributed by atoms with Crippen molar-refractivity contribution in [3.05, 3.63) is 105 Å². The van der Waals surface area contributed by atoms with Crippen molar-refractivity contribution in [2.75, 3.05) is 6.61 Å². The Morgan fingerprint density at radius 3 is 2.79 bits per heavy atom. The van der Waals surface area contributed by atoms with E-state index in [-0.39, 0.29) is 18.4 Å². The van der Waals surface area contributed by atoms with Gasteiger partial charge in [-0.15, -0.1) is 0 Å². The van der Waals surface area contributed by atoms with Crippen LogP contribution in [0.3, 0.4) is 0 Å². The standard InChI is InChI=1S/C32H28FN3O3/c1-3-13-38-32(37)26-5-4-12-36-27(30(21-7-8-21)35-31(26)36)15-20-6-10-24-22(14-20)18-39-28-16-23(33)9-11-25(28)29(24)19(2)17-34/h4-6,9-12,14,16,21H,3,7-8,13,15,18H2,1-2H3/b29-19+. The molecule has 2 aromatic carbocycles. The summed E-state index contributed by atoms with van der Waals surface area (Å²) in [5.74, 6) is 0.0812. The Bertz CT molecular complexity index is 1690. The number of carbonyl (C=O) groups is 1. The van der Waals surface area contributed by atoms with Crippen LogP contribution in [-0.2, 0) is 17.8 Å². The minimum absolute atomic E-state index is 0.262. The van der Waals surface area contributed by atoms with Crippen LogP contribution in [0.15, 0.2) is 60.3 Å². The van der Waals surface area contributed by atoms with Gasteiger partial charge < -0.3 is 13.9 Å². The van der Waals surface area contributed by atoms with Gasteiger partial charge in [-0.05, 0) is 67.1 Å². The second-order valence-electron chi connectivity index (χ2n) is 10.2. The summed E-state index contributed by atoms with van der Waals surface area (Å²) in [4.78, 5) is 17.7. The smallest absolute Gasteiger partial charge is 0.341 e. The minimum atomic E-state index is -0.382. The van der Waals surface area contributed by atoms with Crippen molar-refractivity contribution >= 4 is 17.2 Å². The first-order chi connectivity index (χ1) is 19.0. The van der Waals surface area contributed by atoms with Crippen LogP contribution in [0.4, 0.5) is 4.39 Å². The van der Waals surface area contributed by atoms with E-state index in [4.69, 9.17) is 14.5 Å². The third-order valence-electron chi connectivity index (χ3n) is 7.35. The van der Waals surface area contributed by atoms with E-state index in [9.17, 15) is 14.4 Å². The molecule has 7 heteroatoms. The van der Waals surface area contributed by atoms with Gasteiger partial charge in [0.15, 0.2) is 5.65 Å². The van der Waals surface area contributed by atoms with Crippen LogP contribution in [0.25, 0.3) is 11.2 Å². The average molecular weight is 522 g/mol. The van der Waals surface area contributed by atoms with E-state index in [1.807, 2.05) is 29.7 Å².